The number of ether oxygens (including phenoxy) is 2. The normalized spacial score (nSPS) is 11.5. The largest absolute Gasteiger partial charge is 0.490 e. The fourth-order valence-corrected chi connectivity index (χ4v) is 2.57. The Morgan fingerprint density at radius 3 is 2.28 bits per heavy atom. The van der Waals surface area contributed by atoms with Gasteiger partial charge < -0.3 is 14.8 Å². The number of hydrogen-bond donors (Lipinski definition) is 1. The quantitative estimate of drug-likeness (QED) is 0.425. The molecule has 0 saturated heterocycles. The van der Waals surface area contributed by atoms with Crippen LogP contribution in [-0.2, 0) is 16.0 Å². The summed E-state index contributed by atoms with van der Waals surface area (Å²) in [6.07, 6.45) is -0.284. The standard InChI is InChI=1S/C18H15F3N2O6/c1-28-15-4-3-9(6-14(15)23(26)27)5-13(18(25)29-2)22-17(24)16-11(20)7-10(19)8-12(16)21/h3-4,6-8,13H,5H2,1-2H3,(H,22,24)/t13-/m1/s1. The Hall–Kier alpha value is -3.63. The van der Waals surface area contributed by atoms with Gasteiger partial charge in [0, 0.05) is 24.6 Å². The van der Waals surface area contributed by atoms with Gasteiger partial charge in [0.15, 0.2) is 5.75 Å². The molecule has 11 heteroatoms. The van der Waals surface area contributed by atoms with Crippen molar-refractivity contribution in [2.24, 2.45) is 0 Å². The van der Waals surface area contributed by atoms with E-state index >= 15 is 0 Å². The van der Waals surface area contributed by atoms with Crippen molar-refractivity contribution in [3.8, 4) is 5.75 Å². The molecule has 2 aromatic carbocycles. The summed E-state index contributed by atoms with van der Waals surface area (Å²) in [6, 6.07) is 3.04. The van der Waals surface area contributed by atoms with Crippen LogP contribution in [0.25, 0.3) is 0 Å². The van der Waals surface area contributed by atoms with Gasteiger partial charge in [-0.15, -0.1) is 0 Å². The molecule has 8 nitrogen and oxygen atoms in total. The van der Waals surface area contributed by atoms with Crippen LogP contribution in [0.4, 0.5) is 18.9 Å². The summed E-state index contributed by atoms with van der Waals surface area (Å²) in [7, 11) is 2.27. The first kappa shape index (κ1) is 21.7. The maximum atomic E-state index is 13.8. The highest BCUT2D eigenvalue weighted by atomic mass is 19.1. The minimum atomic E-state index is -1.45. The van der Waals surface area contributed by atoms with E-state index in [1.54, 1.807) is 0 Å². The van der Waals surface area contributed by atoms with Gasteiger partial charge in [-0.2, -0.15) is 0 Å². The first-order valence-electron chi connectivity index (χ1n) is 8.02. The average Bonchev–Trinajstić information content (AvgIpc) is 2.65. The molecule has 1 N–H and O–H groups in total. The monoisotopic (exact) mass is 412 g/mol. The molecule has 154 valence electrons. The van der Waals surface area contributed by atoms with Crippen molar-refractivity contribution >= 4 is 17.6 Å². The number of carbonyl (C=O) groups excluding carboxylic acids is 2. The SMILES string of the molecule is COC(=O)[C@@H](Cc1ccc(OC)c([N+](=O)[O-])c1)NC(=O)c1c(F)cc(F)cc1F. The third-order valence-electron chi connectivity index (χ3n) is 3.90. The molecular formula is C18H15F3N2O6. The molecule has 29 heavy (non-hydrogen) atoms. The van der Waals surface area contributed by atoms with Gasteiger partial charge in [0.1, 0.15) is 29.1 Å². The Labute approximate surface area is 162 Å². The predicted molar refractivity (Wildman–Crippen MR) is 92.9 cm³/mol. The summed E-state index contributed by atoms with van der Waals surface area (Å²) in [5.74, 6) is -6.43. The van der Waals surface area contributed by atoms with E-state index < -0.39 is 45.9 Å². The topological polar surface area (TPSA) is 108 Å². The Morgan fingerprint density at radius 2 is 1.76 bits per heavy atom. The Bertz CT molecular complexity index is 944. The van der Waals surface area contributed by atoms with E-state index in [1.807, 2.05) is 0 Å². The summed E-state index contributed by atoms with van der Waals surface area (Å²) in [6.45, 7) is 0. The summed E-state index contributed by atoms with van der Waals surface area (Å²) < 4.78 is 50.1. The van der Waals surface area contributed by atoms with Crippen molar-refractivity contribution in [3.05, 3.63) is 69.0 Å². The number of nitro benzene ring substituents is 1. The third-order valence-corrected chi connectivity index (χ3v) is 3.90. The highest BCUT2D eigenvalue weighted by Gasteiger charge is 2.27. The van der Waals surface area contributed by atoms with Crippen molar-refractivity contribution in [3.63, 3.8) is 0 Å². The fraction of sp³-hybridized carbons (Fsp3) is 0.222. The first-order chi connectivity index (χ1) is 13.7. The lowest BCUT2D eigenvalue weighted by Gasteiger charge is -2.17. The third kappa shape index (κ3) is 5.00. The minimum absolute atomic E-state index is 0.0205. The molecule has 0 radical (unpaired) electrons. The van der Waals surface area contributed by atoms with Crippen molar-refractivity contribution in [1.82, 2.24) is 5.32 Å². The lowest BCUT2D eigenvalue weighted by Crippen LogP contribution is -2.43. The predicted octanol–water partition coefficient (Wildman–Crippen LogP) is 2.53. The van der Waals surface area contributed by atoms with Gasteiger partial charge in [-0.1, -0.05) is 6.07 Å². The molecular weight excluding hydrogens is 397 g/mol. The van der Waals surface area contributed by atoms with Crippen LogP contribution in [-0.4, -0.2) is 37.1 Å². The van der Waals surface area contributed by atoms with Crippen molar-refractivity contribution in [2.45, 2.75) is 12.5 Å². The number of methoxy groups -OCH3 is 2. The second-order valence-electron chi connectivity index (χ2n) is 5.76. The number of halogens is 3. The molecule has 2 rings (SSSR count). The Kier molecular flexibility index (Phi) is 6.75. The molecule has 0 aliphatic carbocycles. The molecule has 0 aliphatic rings. The number of nitrogens with one attached hydrogen (secondary N) is 1. The van der Waals surface area contributed by atoms with E-state index in [2.05, 4.69) is 10.1 Å². The van der Waals surface area contributed by atoms with Crippen LogP contribution in [0.3, 0.4) is 0 Å². The van der Waals surface area contributed by atoms with Gasteiger partial charge in [-0.25, -0.2) is 18.0 Å². The van der Waals surface area contributed by atoms with Crippen LogP contribution in [0.2, 0.25) is 0 Å². The highest BCUT2D eigenvalue weighted by Crippen LogP contribution is 2.28. The average molecular weight is 412 g/mol. The minimum Gasteiger partial charge on any atom is -0.490 e. The highest BCUT2D eigenvalue weighted by molar-refractivity contribution is 5.97. The summed E-state index contributed by atoms with van der Waals surface area (Å²) in [5.41, 5.74) is -1.22. The van der Waals surface area contributed by atoms with E-state index in [-0.39, 0.29) is 23.4 Å². The van der Waals surface area contributed by atoms with Gasteiger partial charge >= 0.3 is 11.7 Å². The molecule has 0 aliphatic heterocycles. The van der Waals surface area contributed by atoms with Crippen LogP contribution in [0.15, 0.2) is 30.3 Å². The van der Waals surface area contributed by atoms with Gasteiger partial charge in [0.05, 0.1) is 19.1 Å². The van der Waals surface area contributed by atoms with Crippen molar-refractivity contribution < 1.29 is 37.2 Å². The maximum absolute atomic E-state index is 13.8. The molecule has 0 unspecified atom stereocenters. The first-order valence-corrected chi connectivity index (χ1v) is 8.02. The zero-order chi connectivity index (χ0) is 21.7. The molecule has 0 bridgehead atoms. The molecule has 0 saturated carbocycles. The van der Waals surface area contributed by atoms with Crippen LogP contribution in [0.5, 0.6) is 5.75 Å². The zero-order valence-electron chi connectivity index (χ0n) is 15.2. The smallest absolute Gasteiger partial charge is 0.328 e. The molecule has 0 fully saturated rings. The molecule has 1 amide bonds. The van der Waals surface area contributed by atoms with Gasteiger partial charge in [-0.05, 0) is 11.6 Å². The number of carbonyl (C=O) groups is 2. The fourth-order valence-electron chi connectivity index (χ4n) is 2.57. The number of nitro groups is 1. The Balaban J connectivity index is 2.32. The van der Waals surface area contributed by atoms with Crippen LogP contribution >= 0.6 is 0 Å². The Morgan fingerprint density at radius 1 is 1.14 bits per heavy atom. The number of benzene rings is 2. The molecule has 1 atom stereocenters. The maximum Gasteiger partial charge on any atom is 0.328 e. The van der Waals surface area contributed by atoms with E-state index in [4.69, 9.17) is 4.74 Å². The number of rotatable bonds is 7. The van der Waals surface area contributed by atoms with Gasteiger partial charge in [0.25, 0.3) is 5.91 Å². The zero-order valence-corrected chi connectivity index (χ0v) is 15.2. The van der Waals surface area contributed by atoms with E-state index in [9.17, 15) is 32.9 Å². The summed E-state index contributed by atoms with van der Waals surface area (Å²) in [4.78, 5) is 34.7. The number of nitrogens with zero attached hydrogens (tertiary/aromatic N) is 1. The molecule has 0 heterocycles. The van der Waals surface area contributed by atoms with E-state index in [1.165, 1.54) is 19.2 Å². The van der Waals surface area contributed by atoms with E-state index in [0.29, 0.717) is 12.1 Å². The number of amides is 1. The van der Waals surface area contributed by atoms with Crippen molar-refractivity contribution in [2.75, 3.05) is 14.2 Å². The van der Waals surface area contributed by atoms with Crippen LogP contribution in [0.1, 0.15) is 15.9 Å². The molecule has 0 spiro atoms. The lowest BCUT2D eigenvalue weighted by atomic mass is 10.0. The number of hydrogen-bond acceptors (Lipinski definition) is 6. The van der Waals surface area contributed by atoms with Crippen molar-refractivity contribution in [1.29, 1.82) is 0 Å². The molecule has 0 aromatic heterocycles. The van der Waals surface area contributed by atoms with Gasteiger partial charge in [0.2, 0.25) is 0 Å². The second kappa shape index (κ2) is 9.04. The summed E-state index contributed by atoms with van der Waals surface area (Å²) in [5, 5.41) is 13.2. The number of esters is 1. The van der Waals surface area contributed by atoms with Crippen LogP contribution in [0, 0.1) is 27.6 Å². The van der Waals surface area contributed by atoms with E-state index in [0.717, 1.165) is 13.2 Å². The molecule has 2 aromatic rings. The summed E-state index contributed by atoms with van der Waals surface area (Å²) >= 11 is 0. The van der Waals surface area contributed by atoms with Gasteiger partial charge in [-0.3, -0.25) is 14.9 Å². The second-order valence-corrected chi connectivity index (χ2v) is 5.76. The lowest BCUT2D eigenvalue weighted by molar-refractivity contribution is -0.385. The van der Waals surface area contributed by atoms with Crippen LogP contribution < -0.4 is 10.1 Å².